The van der Waals surface area contributed by atoms with Crippen LogP contribution in [0.3, 0.4) is 0 Å². The summed E-state index contributed by atoms with van der Waals surface area (Å²) in [4.78, 5) is 11.2. The van der Waals surface area contributed by atoms with Crippen molar-refractivity contribution in [3.8, 4) is 0 Å². The predicted molar refractivity (Wildman–Crippen MR) is 71.7 cm³/mol. The maximum atomic E-state index is 11.2. The van der Waals surface area contributed by atoms with Crippen molar-refractivity contribution in [2.45, 2.75) is 19.5 Å². The molecule has 5 nitrogen and oxygen atoms in total. The molecule has 0 bridgehead atoms. The summed E-state index contributed by atoms with van der Waals surface area (Å²) >= 11 is 5.97. The number of hydrogen-bond acceptors (Lipinski definition) is 3. The van der Waals surface area contributed by atoms with Crippen molar-refractivity contribution in [1.29, 1.82) is 0 Å². The number of nitrogens with zero attached hydrogens (tertiary/aromatic N) is 2. The Kier molecular flexibility index (Phi) is 2.71. The second kappa shape index (κ2) is 4.28. The number of benzene rings is 1. The van der Waals surface area contributed by atoms with Gasteiger partial charge in [0.15, 0.2) is 0 Å². The van der Waals surface area contributed by atoms with E-state index in [1.807, 2.05) is 24.3 Å². The van der Waals surface area contributed by atoms with E-state index in [-0.39, 0.29) is 11.6 Å². The van der Waals surface area contributed by atoms with Crippen LogP contribution in [0.2, 0.25) is 5.02 Å². The SMILES string of the molecule is Cc1nn2c(c1C(=O)O)N[C@H](c1cccc(Cl)c1)C2. The highest BCUT2D eigenvalue weighted by molar-refractivity contribution is 6.30. The van der Waals surface area contributed by atoms with Crippen LogP contribution in [0, 0.1) is 6.92 Å². The Hall–Kier alpha value is -2.01. The van der Waals surface area contributed by atoms with E-state index >= 15 is 0 Å². The summed E-state index contributed by atoms with van der Waals surface area (Å²) in [6.07, 6.45) is 0. The van der Waals surface area contributed by atoms with Crippen LogP contribution < -0.4 is 5.32 Å². The Labute approximate surface area is 114 Å². The third-order valence-electron chi connectivity index (χ3n) is 3.26. The number of carbonyl (C=O) groups is 1. The van der Waals surface area contributed by atoms with Gasteiger partial charge in [0.25, 0.3) is 0 Å². The van der Waals surface area contributed by atoms with Crippen LogP contribution in [0.4, 0.5) is 5.82 Å². The molecule has 1 aliphatic heterocycles. The first-order chi connectivity index (χ1) is 9.06. The third-order valence-corrected chi connectivity index (χ3v) is 3.49. The minimum absolute atomic E-state index is 0.0000926. The van der Waals surface area contributed by atoms with E-state index in [1.165, 1.54) is 0 Å². The van der Waals surface area contributed by atoms with Gasteiger partial charge in [0.1, 0.15) is 11.4 Å². The summed E-state index contributed by atoms with van der Waals surface area (Å²) in [7, 11) is 0. The lowest BCUT2D eigenvalue weighted by Gasteiger charge is -2.11. The Morgan fingerprint density at radius 3 is 3.05 bits per heavy atom. The molecule has 2 aromatic rings. The van der Waals surface area contributed by atoms with Gasteiger partial charge >= 0.3 is 5.97 Å². The largest absolute Gasteiger partial charge is 0.477 e. The number of fused-ring (bicyclic) bond motifs is 1. The molecule has 1 atom stereocenters. The van der Waals surface area contributed by atoms with Gasteiger partial charge in [0.05, 0.1) is 18.3 Å². The van der Waals surface area contributed by atoms with Gasteiger partial charge in [-0.2, -0.15) is 5.10 Å². The highest BCUT2D eigenvalue weighted by Gasteiger charge is 2.30. The fraction of sp³-hybridized carbons (Fsp3) is 0.231. The molecular formula is C13H12ClN3O2. The van der Waals surface area contributed by atoms with Crippen LogP contribution >= 0.6 is 11.6 Å². The molecule has 1 aromatic carbocycles. The van der Waals surface area contributed by atoms with Crippen molar-refractivity contribution in [1.82, 2.24) is 9.78 Å². The van der Waals surface area contributed by atoms with Crippen LogP contribution in [0.1, 0.15) is 27.7 Å². The standard InChI is InChI=1S/C13H12ClN3O2/c1-7-11(13(18)19)12-15-10(6-17(12)16-7)8-3-2-4-9(14)5-8/h2-5,10,15H,6H2,1H3,(H,18,19)/t10-/m0/s1. The van der Waals surface area contributed by atoms with Gasteiger partial charge in [-0.3, -0.25) is 0 Å². The summed E-state index contributed by atoms with van der Waals surface area (Å²) in [6.45, 7) is 2.30. The second-order valence-corrected chi connectivity index (χ2v) is 4.98. The van der Waals surface area contributed by atoms with E-state index in [0.717, 1.165) is 5.56 Å². The van der Waals surface area contributed by atoms with E-state index in [0.29, 0.717) is 23.1 Å². The summed E-state index contributed by atoms with van der Waals surface area (Å²) < 4.78 is 1.70. The van der Waals surface area contributed by atoms with Crippen molar-refractivity contribution in [2.24, 2.45) is 0 Å². The Morgan fingerprint density at radius 1 is 1.58 bits per heavy atom. The molecule has 1 aliphatic rings. The minimum atomic E-state index is -0.960. The molecule has 6 heteroatoms. The number of aryl methyl sites for hydroxylation is 1. The lowest BCUT2D eigenvalue weighted by molar-refractivity contribution is 0.0697. The number of nitrogens with one attached hydrogen (secondary N) is 1. The number of halogens is 1. The van der Waals surface area contributed by atoms with Gasteiger partial charge in [-0.25, -0.2) is 9.48 Å². The molecule has 19 heavy (non-hydrogen) atoms. The number of anilines is 1. The molecule has 0 fully saturated rings. The monoisotopic (exact) mass is 277 g/mol. The topological polar surface area (TPSA) is 67.2 Å². The summed E-state index contributed by atoms with van der Waals surface area (Å²) in [5.41, 5.74) is 1.79. The van der Waals surface area contributed by atoms with E-state index in [4.69, 9.17) is 11.6 Å². The Balaban J connectivity index is 1.95. The van der Waals surface area contributed by atoms with E-state index in [1.54, 1.807) is 11.6 Å². The van der Waals surface area contributed by atoms with Gasteiger partial charge in [-0.1, -0.05) is 23.7 Å². The van der Waals surface area contributed by atoms with Crippen molar-refractivity contribution in [2.75, 3.05) is 5.32 Å². The molecule has 0 aliphatic carbocycles. The van der Waals surface area contributed by atoms with E-state index in [9.17, 15) is 9.90 Å². The third kappa shape index (κ3) is 1.96. The average molecular weight is 278 g/mol. The first-order valence-corrected chi connectivity index (χ1v) is 6.27. The van der Waals surface area contributed by atoms with Crippen LogP contribution in [-0.4, -0.2) is 20.9 Å². The van der Waals surface area contributed by atoms with E-state index in [2.05, 4.69) is 10.4 Å². The van der Waals surface area contributed by atoms with Gasteiger partial charge in [-0.05, 0) is 24.6 Å². The first kappa shape index (κ1) is 12.0. The molecule has 0 radical (unpaired) electrons. The Bertz CT molecular complexity index is 666. The predicted octanol–water partition coefficient (Wildman–Crippen LogP) is 2.71. The van der Waals surface area contributed by atoms with Crippen LogP contribution in [0.15, 0.2) is 24.3 Å². The number of hydrogen-bond donors (Lipinski definition) is 2. The summed E-state index contributed by atoms with van der Waals surface area (Å²) in [6, 6.07) is 7.53. The second-order valence-electron chi connectivity index (χ2n) is 4.55. The zero-order valence-electron chi connectivity index (χ0n) is 10.2. The lowest BCUT2D eigenvalue weighted by Crippen LogP contribution is -2.09. The van der Waals surface area contributed by atoms with E-state index < -0.39 is 5.97 Å². The van der Waals surface area contributed by atoms with Crippen molar-refractivity contribution in [3.63, 3.8) is 0 Å². The smallest absolute Gasteiger partial charge is 0.341 e. The van der Waals surface area contributed by atoms with Crippen molar-refractivity contribution < 1.29 is 9.90 Å². The molecule has 0 spiro atoms. The van der Waals surface area contributed by atoms with Crippen LogP contribution in [0.25, 0.3) is 0 Å². The maximum Gasteiger partial charge on any atom is 0.341 e. The quantitative estimate of drug-likeness (QED) is 0.886. The fourth-order valence-corrected chi connectivity index (χ4v) is 2.61. The summed E-state index contributed by atoms with van der Waals surface area (Å²) in [5.74, 6) is -0.395. The maximum absolute atomic E-state index is 11.2. The lowest BCUT2D eigenvalue weighted by atomic mass is 10.1. The molecule has 0 amide bonds. The van der Waals surface area contributed by atoms with Gasteiger partial charge in [-0.15, -0.1) is 0 Å². The summed E-state index contributed by atoms with van der Waals surface area (Å²) in [5, 5.41) is 17.3. The first-order valence-electron chi connectivity index (χ1n) is 5.89. The highest BCUT2D eigenvalue weighted by atomic mass is 35.5. The minimum Gasteiger partial charge on any atom is -0.477 e. The number of aromatic nitrogens is 2. The normalized spacial score (nSPS) is 17.1. The molecule has 0 saturated heterocycles. The number of aromatic carboxylic acids is 1. The number of rotatable bonds is 2. The van der Waals surface area contributed by atoms with Crippen molar-refractivity contribution in [3.05, 3.63) is 46.1 Å². The molecule has 2 N–H and O–H groups in total. The fourth-order valence-electron chi connectivity index (χ4n) is 2.41. The average Bonchev–Trinajstić information content (AvgIpc) is 2.84. The van der Waals surface area contributed by atoms with Crippen molar-refractivity contribution >= 4 is 23.4 Å². The zero-order chi connectivity index (χ0) is 13.6. The van der Waals surface area contributed by atoms with Gasteiger partial charge < -0.3 is 10.4 Å². The van der Waals surface area contributed by atoms with Gasteiger partial charge in [0.2, 0.25) is 0 Å². The van der Waals surface area contributed by atoms with Crippen LogP contribution in [-0.2, 0) is 6.54 Å². The molecule has 1 aromatic heterocycles. The Morgan fingerprint density at radius 2 is 2.37 bits per heavy atom. The molecule has 0 unspecified atom stereocenters. The van der Waals surface area contributed by atoms with Gasteiger partial charge in [0, 0.05) is 5.02 Å². The zero-order valence-corrected chi connectivity index (χ0v) is 11.0. The molecular weight excluding hydrogens is 266 g/mol. The molecule has 98 valence electrons. The highest BCUT2D eigenvalue weighted by Crippen LogP contribution is 2.33. The van der Waals surface area contributed by atoms with Crippen LogP contribution in [0.5, 0.6) is 0 Å². The molecule has 3 rings (SSSR count). The number of carboxylic acid groups (broad SMARTS) is 1. The number of carboxylic acids is 1. The molecule has 0 saturated carbocycles. The molecule has 2 heterocycles.